The molecule has 0 amide bonds. The molecule has 1 N–H and O–H groups in total. The highest BCUT2D eigenvalue weighted by molar-refractivity contribution is 7.93. The molecule has 0 radical (unpaired) electrons. The summed E-state index contributed by atoms with van der Waals surface area (Å²) in [5.41, 5.74) is 2.29. The molecule has 0 saturated heterocycles. The standard InChI is InChI=1S/C15H14FN3O2S2/c1-9(2)23(20,21)19-15-18-12-7-10(3-5-13(12)22-15)11-4-6-14(16)17-8-11/h3-9H,1-2H3,(H,18,19). The molecule has 1 aromatic carbocycles. The van der Waals surface area contributed by atoms with Crippen LogP contribution in [0.4, 0.5) is 9.52 Å². The van der Waals surface area contributed by atoms with Crippen molar-refractivity contribution in [3.05, 3.63) is 42.5 Å². The van der Waals surface area contributed by atoms with Gasteiger partial charge in [-0.15, -0.1) is 0 Å². The maximum absolute atomic E-state index is 12.9. The number of pyridine rings is 1. The van der Waals surface area contributed by atoms with Crippen molar-refractivity contribution >= 4 is 36.7 Å². The first-order chi connectivity index (χ1) is 10.8. The molecule has 0 fully saturated rings. The molecule has 0 atom stereocenters. The Morgan fingerprint density at radius 1 is 1.17 bits per heavy atom. The summed E-state index contributed by atoms with van der Waals surface area (Å²) in [5, 5.41) is -0.196. The van der Waals surface area contributed by atoms with E-state index >= 15 is 0 Å². The number of rotatable bonds is 4. The molecular weight excluding hydrogens is 337 g/mol. The van der Waals surface area contributed by atoms with E-state index in [1.54, 1.807) is 19.9 Å². The molecule has 120 valence electrons. The van der Waals surface area contributed by atoms with Gasteiger partial charge in [0.05, 0.1) is 15.5 Å². The fourth-order valence-corrected chi connectivity index (χ4v) is 3.67. The lowest BCUT2D eigenvalue weighted by atomic mass is 10.1. The van der Waals surface area contributed by atoms with Crippen LogP contribution in [0.25, 0.3) is 21.3 Å². The fraction of sp³-hybridized carbons (Fsp3) is 0.200. The Bertz CT molecular complexity index is 951. The van der Waals surface area contributed by atoms with Crippen molar-refractivity contribution in [1.82, 2.24) is 9.97 Å². The van der Waals surface area contributed by atoms with E-state index in [4.69, 9.17) is 0 Å². The number of fused-ring (bicyclic) bond motifs is 1. The van der Waals surface area contributed by atoms with Gasteiger partial charge in [-0.3, -0.25) is 4.72 Å². The maximum atomic E-state index is 12.9. The number of anilines is 1. The number of hydrogen-bond acceptors (Lipinski definition) is 5. The Labute approximate surface area is 137 Å². The first-order valence-electron chi connectivity index (χ1n) is 6.89. The predicted molar refractivity (Wildman–Crippen MR) is 90.5 cm³/mol. The van der Waals surface area contributed by atoms with E-state index in [1.165, 1.54) is 23.6 Å². The minimum Gasteiger partial charge on any atom is -0.258 e. The van der Waals surface area contributed by atoms with Crippen molar-refractivity contribution in [2.45, 2.75) is 19.1 Å². The third-order valence-electron chi connectivity index (χ3n) is 3.30. The van der Waals surface area contributed by atoms with E-state index in [0.717, 1.165) is 15.8 Å². The lowest BCUT2D eigenvalue weighted by Crippen LogP contribution is -2.22. The van der Waals surface area contributed by atoms with Crippen LogP contribution in [-0.2, 0) is 10.0 Å². The minimum atomic E-state index is -3.42. The average molecular weight is 351 g/mol. The molecule has 3 rings (SSSR count). The van der Waals surface area contributed by atoms with E-state index in [-0.39, 0.29) is 0 Å². The van der Waals surface area contributed by atoms with E-state index in [2.05, 4.69) is 14.7 Å². The monoisotopic (exact) mass is 351 g/mol. The van der Waals surface area contributed by atoms with Crippen molar-refractivity contribution in [1.29, 1.82) is 0 Å². The first kappa shape index (κ1) is 15.8. The normalized spacial score (nSPS) is 12.0. The highest BCUT2D eigenvalue weighted by Gasteiger charge is 2.18. The average Bonchev–Trinajstić information content (AvgIpc) is 2.88. The van der Waals surface area contributed by atoms with Crippen LogP contribution in [0.5, 0.6) is 0 Å². The molecule has 8 heteroatoms. The van der Waals surface area contributed by atoms with Crippen LogP contribution in [0.1, 0.15) is 13.8 Å². The van der Waals surface area contributed by atoms with Gasteiger partial charge in [-0.1, -0.05) is 17.4 Å². The Balaban J connectivity index is 1.96. The second-order valence-electron chi connectivity index (χ2n) is 5.27. The van der Waals surface area contributed by atoms with Crippen LogP contribution in [0.2, 0.25) is 0 Å². The summed E-state index contributed by atoms with van der Waals surface area (Å²) >= 11 is 1.27. The third kappa shape index (κ3) is 3.32. The van der Waals surface area contributed by atoms with Gasteiger partial charge >= 0.3 is 0 Å². The fourth-order valence-electron chi connectivity index (χ4n) is 1.94. The van der Waals surface area contributed by atoms with E-state index in [1.807, 2.05) is 18.2 Å². The molecule has 2 aromatic heterocycles. The highest BCUT2D eigenvalue weighted by atomic mass is 32.2. The van der Waals surface area contributed by atoms with Crippen LogP contribution < -0.4 is 4.72 Å². The molecule has 23 heavy (non-hydrogen) atoms. The van der Waals surface area contributed by atoms with Crippen LogP contribution >= 0.6 is 11.3 Å². The summed E-state index contributed by atoms with van der Waals surface area (Å²) < 4.78 is 40.1. The van der Waals surface area contributed by atoms with Gasteiger partial charge < -0.3 is 0 Å². The molecule has 3 aromatic rings. The zero-order valence-electron chi connectivity index (χ0n) is 12.4. The Morgan fingerprint density at radius 3 is 2.57 bits per heavy atom. The van der Waals surface area contributed by atoms with Gasteiger partial charge in [0.15, 0.2) is 5.13 Å². The van der Waals surface area contributed by atoms with Gasteiger partial charge in [-0.05, 0) is 43.7 Å². The number of aromatic nitrogens is 2. The van der Waals surface area contributed by atoms with Crippen LogP contribution in [0.15, 0.2) is 36.5 Å². The van der Waals surface area contributed by atoms with Crippen molar-refractivity contribution < 1.29 is 12.8 Å². The van der Waals surface area contributed by atoms with Crippen molar-refractivity contribution in [3.63, 3.8) is 0 Å². The first-order valence-corrected chi connectivity index (χ1v) is 9.25. The topological polar surface area (TPSA) is 72.0 Å². The summed E-state index contributed by atoms with van der Waals surface area (Å²) in [6.45, 7) is 3.21. The Kier molecular flexibility index (Phi) is 4.03. The summed E-state index contributed by atoms with van der Waals surface area (Å²) in [7, 11) is -3.42. The van der Waals surface area contributed by atoms with Crippen LogP contribution in [0, 0.1) is 5.95 Å². The molecule has 0 aliphatic rings. The van der Waals surface area contributed by atoms with Crippen LogP contribution in [0.3, 0.4) is 0 Å². The lowest BCUT2D eigenvalue weighted by molar-refractivity contribution is 0.584. The van der Waals surface area contributed by atoms with Gasteiger partial charge in [-0.25, -0.2) is 18.4 Å². The van der Waals surface area contributed by atoms with E-state index < -0.39 is 21.2 Å². The zero-order valence-corrected chi connectivity index (χ0v) is 14.1. The lowest BCUT2D eigenvalue weighted by Gasteiger charge is -2.06. The summed E-state index contributed by atoms with van der Waals surface area (Å²) in [4.78, 5) is 7.95. The molecule has 0 spiro atoms. The number of hydrogen-bond donors (Lipinski definition) is 1. The summed E-state index contributed by atoms with van der Waals surface area (Å²) in [6, 6.07) is 8.49. The van der Waals surface area contributed by atoms with Gasteiger partial charge in [0.25, 0.3) is 0 Å². The predicted octanol–water partition coefficient (Wildman–Crippen LogP) is 3.65. The largest absolute Gasteiger partial charge is 0.258 e. The molecule has 0 aliphatic carbocycles. The number of halogens is 1. The zero-order chi connectivity index (χ0) is 16.6. The van der Waals surface area contributed by atoms with Crippen molar-refractivity contribution in [2.24, 2.45) is 0 Å². The molecule has 0 bridgehead atoms. The van der Waals surface area contributed by atoms with Crippen molar-refractivity contribution in [2.75, 3.05) is 4.72 Å². The SMILES string of the molecule is CC(C)S(=O)(=O)Nc1nc2cc(-c3ccc(F)nc3)ccc2s1. The Hall–Kier alpha value is -2.06. The Morgan fingerprint density at radius 2 is 1.91 bits per heavy atom. The maximum Gasteiger partial charge on any atom is 0.236 e. The molecule has 0 aliphatic heterocycles. The molecule has 2 heterocycles. The molecule has 0 saturated carbocycles. The van der Waals surface area contributed by atoms with E-state index in [9.17, 15) is 12.8 Å². The van der Waals surface area contributed by atoms with Gasteiger partial charge in [0.1, 0.15) is 0 Å². The van der Waals surface area contributed by atoms with Gasteiger partial charge in [-0.2, -0.15) is 4.39 Å². The molecule has 0 unspecified atom stereocenters. The smallest absolute Gasteiger partial charge is 0.236 e. The van der Waals surface area contributed by atoms with E-state index in [0.29, 0.717) is 10.6 Å². The quantitative estimate of drug-likeness (QED) is 0.728. The molecular formula is C15H14FN3O2S2. The number of nitrogens with zero attached hydrogens (tertiary/aromatic N) is 2. The van der Waals surface area contributed by atoms with Gasteiger partial charge in [0, 0.05) is 11.8 Å². The molecule has 5 nitrogen and oxygen atoms in total. The second kappa shape index (κ2) is 5.86. The van der Waals surface area contributed by atoms with Crippen molar-refractivity contribution in [3.8, 4) is 11.1 Å². The number of sulfonamides is 1. The minimum absolute atomic E-state index is 0.336. The van der Waals surface area contributed by atoms with Gasteiger partial charge in [0.2, 0.25) is 16.0 Å². The number of thiazole rings is 1. The summed E-state index contributed by atoms with van der Waals surface area (Å²) in [5.74, 6) is -0.533. The highest BCUT2D eigenvalue weighted by Crippen LogP contribution is 2.30. The summed E-state index contributed by atoms with van der Waals surface area (Å²) in [6.07, 6.45) is 1.45. The third-order valence-corrected chi connectivity index (χ3v) is 6.10. The number of benzene rings is 1. The second-order valence-corrected chi connectivity index (χ2v) is 8.53. The number of nitrogens with one attached hydrogen (secondary N) is 1. The van der Waals surface area contributed by atoms with Crippen LogP contribution in [-0.4, -0.2) is 23.6 Å².